The van der Waals surface area contributed by atoms with Gasteiger partial charge in [0.2, 0.25) is 0 Å². The molecule has 0 amide bonds. The number of nitrogens with zero attached hydrogens (tertiary/aromatic N) is 2. The minimum absolute atomic E-state index is 0.541. The summed E-state index contributed by atoms with van der Waals surface area (Å²) in [5.74, 6) is 1.90. The van der Waals surface area contributed by atoms with Gasteiger partial charge in [-0.15, -0.1) is 0 Å². The Kier molecular flexibility index (Phi) is 4.81. The van der Waals surface area contributed by atoms with Crippen molar-refractivity contribution >= 4 is 5.82 Å². The van der Waals surface area contributed by atoms with Gasteiger partial charge in [-0.25, -0.2) is 4.98 Å². The number of hydrogen-bond acceptors (Lipinski definition) is 4. The molecule has 1 unspecified atom stereocenters. The van der Waals surface area contributed by atoms with Crippen LogP contribution in [0, 0.1) is 0 Å². The molecule has 1 aliphatic heterocycles. The van der Waals surface area contributed by atoms with Crippen molar-refractivity contribution < 1.29 is 4.74 Å². The zero-order valence-corrected chi connectivity index (χ0v) is 11.4. The molecule has 0 spiro atoms. The highest BCUT2D eigenvalue weighted by atomic mass is 16.5. The summed E-state index contributed by atoms with van der Waals surface area (Å²) >= 11 is 0. The highest BCUT2D eigenvalue weighted by Crippen LogP contribution is 2.28. The van der Waals surface area contributed by atoms with Crippen molar-refractivity contribution in [3.8, 4) is 5.75 Å². The first-order valence-electron chi connectivity index (χ1n) is 6.92. The lowest BCUT2D eigenvalue weighted by Crippen LogP contribution is -2.38. The van der Waals surface area contributed by atoms with Crippen LogP contribution in [0.2, 0.25) is 0 Å². The van der Waals surface area contributed by atoms with E-state index in [0.29, 0.717) is 12.6 Å². The fraction of sp³-hybridized carbons (Fsp3) is 0.643. The summed E-state index contributed by atoms with van der Waals surface area (Å²) in [4.78, 5) is 6.93. The van der Waals surface area contributed by atoms with Crippen LogP contribution in [0.3, 0.4) is 0 Å². The van der Waals surface area contributed by atoms with Gasteiger partial charge in [0, 0.05) is 25.3 Å². The minimum atomic E-state index is 0.541. The third kappa shape index (κ3) is 2.93. The molecule has 0 radical (unpaired) electrons. The zero-order valence-electron chi connectivity index (χ0n) is 11.4. The van der Waals surface area contributed by atoms with Crippen LogP contribution in [-0.2, 0) is 0 Å². The number of nitrogens with one attached hydrogen (secondary N) is 1. The van der Waals surface area contributed by atoms with Crippen LogP contribution in [0.5, 0.6) is 5.75 Å². The summed E-state index contributed by atoms with van der Waals surface area (Å²) in [5.41, 5.74) is 0. The Labute approximate surface area is 109 Å². The Morgan fingerprint density at radius 2 is 2.39 bits per heavy atom. The predicted octanol–water partition coefficient (Wildman–Crippen LogP) is 2.06. The highest BCUT2D eigenvalue weighted by molar-refractivity contribution is 5.53. The van der Waals surface area contributed by atoms with E-state index in [4.69, 9.17) is 4.74 Å². The lowest BCUT2D eigenvalue weighted by atomic mass is 10.2. The number of rotatable bonds is 6. The topological polar surface area (TPSA) is 37.4 Å². The lowest BCUT2D eigenvalue weighted by molar-refractivity contribution is 0.338. The standard InChI is InChI=1S/C14H23N3O/c1-3-10-17(12-7-9-15-11-12)14-13(18-4-2)6-5-8-16-14/h5-6,8,12,15H,3-4,7,9-11H2,1-2H3. The van der Waals surface area contributed by atoms with Crippen LogP contribution < -0.4 is 15.0 Å². The Morgan fingerprint density at radius 3 is 3.06 bits per heavy atom. The number of anilines is 1. The van der Waals surface area contributed by atoms with Gasteiger partial charge in [-0.2, -0.15) is 0 Å². The molecule has 1 aliphatic rings. The van der Waals surface area contributed by atoms with E-state index in [1.54, 1.807) is 0 Å². The number of hydrogen-bond donors (Lipinski definition) is 1. The Balaban J connectivity index is 2.23. The molecule has 18 heavy (non-hydrogen) atoms. The molecule has 4 heteroatoms. The second kappa shape index (κ2) is 6.59. The van der Waals surface area contributed by atoms with Crippen LogP contribution in [0.4, 0.5) is 5.82 Å². The third-order valence-corrected chi connectivity index (χ3v) is 3.26. The van der Waals surface area contributed by atoms with E-state index >= 15 is 0 Å². The van der Waals surface area contributed by atoms with Gasteiger partial charge >= 0.3 is 0 Å². The molecule has 0 aromatic carbocycles. The third-order valence-electron chi connectivity index (χ3n) is 3.26. The van der Waals surface area contributed by atoms with E-state index < -0.39 is 0 Å². The van der Waals surface area contributed by atoms with Crippen LogP contribution in [0.15, 0.2) is 18.3 Å². The Bertz CT molecular complexity index is 364. The Morgan fingerprint density at radius 1 is 1.50 bits per heavy atom. The molecule has 4 nitrogen and oxygen atoms in total. The molecule has 2 rings (SSSR count). The van der Waals surface area contributed by atoms with E-state index in [1.807, 2.05) is 25.3 Å². The van der Waals surface area contributed by atoms with Crippen molar-refractivity contribution in [3.63, 3.8) is 0 Å². The van der Waals surface area contributed by atoms with Gasteiger partial charge in [-0.1, -0.05) is 6.92 Å². The summed E-state index contributed by atoms with van der Waals surface area (Å²) in [6.45, 7) is 8.07. The van der Waals surface area contributed by atoms with Crippen molar-refractivity contribution in [2.75, 3.05) is 31.1 Å². The zero-order chi connectivity index (χ0) is 12.8. The molecule has 1 aromatic heterocycles. The first-order chi connectivity index (χ1) is 8.86. The summed E-state index contributed by atoms with van der Waals surface area (Å²) in [6.07, 6.45) is 4.16. The molecular weight excluding hydrogens is 226 g/mol. The molecule has 1 N–H and O–H groups in total. The summed E-state index contributed by atoms with van der Waals surface area (Å²) in [5, 5.41) is 3.42. The maximum absolute atomic E-state index is 5.70. The van der Waals surface area contributed by atoms with E-state index in [1.165, 1.54) is 6.42 Å². The second-order valence-corrected chi connectivity index (χ2v) is 4.60. The SMILES string of the molecule is CCCN(c1ncccc1OCC)C1CCNC1. The average molecular weight is 249 g/mol. The monoisotopic (exact) mass is 249 g/mol. The summed E-state index contributed by atoms with van der Waals surface area (Å²) in [7, 11) is 0. The summed E-state index contributed by atoms with van der Waals surface area (Å²) in [6, 6.07) is 4.49. The number of ether oxygens (including phenoxy) is 1. The number of aromatic nitrogens is 1. The average Bonchev–Trinajstić information content (AvgIpc) is 2.91. The maximum Gasteiger partial charge on any atom is 0.171 e. The van der Waals surface area contributed by atoms with Gasteiger partial charge in [-0.3, -0.25) is 0 Å². The molecular formula is C14H23N3O. The first-order valence-corrected chi connectivity index (χ1v) is 6.92. The van der Waals surface area contributed by atoms with Crippen molar-refractivity contribution in [2.24, 2.45) is 0 Å². The van der Waals surface area contributed by atoms with Crippen LogP contribution >= 0.6 is 0 Å². The van der Waals surface area contributed by atoms with Crippen LogP contribution in [0.1, 0.15) is 26.7 Å². The van der Waals surface area contributed by atoms with Gasteiger partial charge in [0.25, 0.3) is 0 Å². The molecule has 100 valence electrons. The summed E-state index contributed by atoms with van der Waals surface area (Å²) < 4.78 is 5.70. The predicted molar refractivity (Wildman–Crippen MR) is 74.3 cm³/mol. The molecule has 0 aliphatic carbocycles. The fourth-order valence-electron chi connectivity index (χ4n) is 2.47. The molecule has 0 bridgehead atoms. The van der Waals surface area contributed by atoms with Gasteiger partial charge in [0.1, 0.15) is 0 Å². The maximum atomic E-state index is 5.70. The minimum Gasteiger partial charge on any atom is -0.490 e. The highest BCUT2D eigenvalue weighted by Gasteiger charge is 2.24. The molecule has 0 saturated carbocycles. The van der Waals surface area contributed by atoms with E-state index in [2.05, 4.69) is 22.1 Å². The number of pyridine rings is 1. The Hall–Kier alpha value is -1.29. The molecule has 1 atom stereocenters. The van der Waals surface area contributed by atoms with Crippen molar-refractivity contribution in [3.05, 3.63) is 18.3 Å². The van der Waals surface area contributed by atoms with Crippen LogP contribution in [0.25, 0.3) is 0 Å². The molecule has 2 heterocycles. The van der Waals surface area contributed by atoms with Gasteiger partial charge < -0.3 is 15.0 Å². The van der Waals surface area contributed by atoms with Gasteiger partial charge in [-0.05, 0) is 38.4 Å². The van der Waals surface area contributed by atoms with E-state index in [0.717, 1.165) is 37.6 Å². The lowest BCUT2D eigenvalue weighted by Gasteiger charge is -2.30. The first kappa shape index (κ1) is 13.1. The van der Waals surface area contributed by atoms with Gasteiger partial charge in [0.15, 0.2) is 11.6 Å². The molecule has 1 fully saturated rings. The van der Waals surface area contributed by atoms with Crippen molar-refractivity contribution in [2.45, 2.75) is 32.7 Å². The smallest absolute Gasteiger partial charge is 0.171 e. The van der Waals surface area contributed by atoms with E-state index in [-0.39, 0.29) is 0 Å². The van der Waals surface area contributed by atoms with Crippen LogP contribution in [-0.4, -0.2) is 37.3 Å². The quantitative estimate of drug-likeness (QED) is 0.837. The normalized spacial score (nSPS) is 18.9. The molecule has 1 saturated heterocycles. The fourth-order valence-corrected chi connectivity index (χ4v) is 2.47. The molecule has 1 aromatic rings. The second-order valence-electron chi connectivity index (χ2n) is 4.60. The largest absolute Gasteiger partial charge is 0.490 e. The van der Waals surface area contributed by atoms with Crippen molar-refractivity contribution in [1.29, 1.82) is 0 Å². The van der Waals surface area contributed by atoms with Crippen molar-refractivity contribution in [1.82, 2.24) is 10.3 Å². The van der Waals surface area contributed by atoms with E-state index in [9.17, 15) is 0 Å². The van der Waals surface area contributed by atoms with Gasteiger partial charge in [0.05, 0.1) is 6.61 Å².